The molecule has 0 spiro atoms. The molecule has 0 saturated carbocycles. The number of ether oxygens (including phenoxy) is 3. The van der Waals surface area contributed by atoms with Crippen molar-refractivity contribution >= 4 is 11.9 Å². The van der Waals surface area contributed by atoms with Crippen molar-refractivity contribution in [2.24, 2.45) is 0 Å². The van der Waals surface area contributed by atoms with E-state index in [1.807, 2.05) is 6.08 Å². The van der Waals surface area contributed by atoms with E-state index >= 15 is 0 Å². The SMILES string of the molecule is CCCCC/C=C/CC/C=C/C(O)C(COC1OC(CO)C(O)C(O)C1O)NC(=O)CCCCCCC/C=C\CCCCCCCCCCCOC(=O)CCCCCCC/C=C\C/C=C\CCCCCC. The van der Waals surface area contributed by atoms with E-state index in [0.29, 0.717) is 19.4 Å². The van der Waals surface area contributed by atoms with E-state index in [1.165, 1.54) is 116 Å². The number of hydrogen-bond donors (Lipinski definition) is 6. The van der Waals surface area contributed by atoms with Gasteiger partial charge in [0.1, 0.15) is 24.4 Å². The number of aliphatic hydroxyl groups is 5. The molecule has 0 radical (unpaired) electrons. The molecule has 0 aliphatic carbocycles. The van der Waals surface area contributed by atoms with Crippen molar-refractivity contribution in [3.8, 4) is 0 Å². The van der Waals surface area contributed by atoms with E-state index in [2.05, 4.69) is 67.8 Å². The normalized spacial score (nSPS) is 19.6. The summed E-state index contributed by atoms with van der Waals surface area (Å²) >= 11 is 0. The van der Waals surface area contributed by atoms with Crippen molar-refractivity contribution in [1.29, 1.82) is 0 Å². The molecule has 11 heteroatoms. The highest BCUT2D eigenvalue weighted by Gasteiger charge is 2.44. The van der Waals surface area contributed by atoms with Gasteiger partial charge >= 0.3 is 5.97 Å². The summed E-state index contributed by atoms with van der Waals surface area (Å²) in [4.78, 5) is 25.0. The smallest absolute Gasteiger partial charge is 0.305 e. The molecular weight excluding hydrogens is 895 g/mol. The van der Waals surface area contributed by atoms with Crippen LogP contribution in [0.25, 0.3) is 0 Å². The number of esters is 1. The van der Waals surface area contributed by atoms with E-state index < -0.39 is 49.5 Å². The first kappa shape index (κ1) is 66.4. The Morgan fingerprint density at radius 1 is 0.521 bits per heavy atom. The first-order valence-electron chi connectivity index (χ1n) is 29.1. The lowest BCUT2D eigenvalue weighted by Gasteiger charge is -2.40. The fourth-order valence-corrected chi connectivity index (χ4v) is 8.65. The Morgan fingerprint density at radius 3 is 1.51 bits per heavy atom. The molecule has 1 aliphatic rings. The lowest BCUT2D eigenvalue weighted by Crippen LogP contribution is -2.60. The van der Waals surface area contributed by atoms with Crippen molar-refractivity contribution < 1.29 is 49.3 Å². The van der Waals surface area contributed by atoms with Crippen LogP contribution in [0.4, 0.5) is 0 Å². The highest BCUT2D eigenvalue weighted by Crippen LogP contribution is 2.23. The Morgan fingerprint density at radius 2 is 0.958 bits per heavy atom. The zero-order valence-corrected chi connectivity index (χ0v) is 45.2. The first-order valence-corrected chi connectivity index (χ1v) is 29.1. The summed E-state index contributed by atoms with van der Waals surface area (Å²) in [5.74, 6) is -0.239. The number of carbonyl (C=O) groups is 2. The Balaban J connectivity index is 2.05. The summed E-state index contributed by atoms with van der Waals surface area (Å²) in [6.07, 6.45) is 53.2. The van der Waals surface area contributed by atoms with E-state index in [-0.39, 0.29) is 18.5 Å². The fourth-order valence-electron chi connectivity index (χ4n) is 8.65. The molecule has 1 fully saturated rings. The van der Waals surface area contributed by atoms with Gasteiger partial charge in [0.15, 0.2) is 6.29 Å². The number of aliphatic hydroxyl groups excluding tert-OH is 5. The largest absolute Gasteiger partial charge is 0.466 e. The zero-order valence-electron chi connectivity index (χ0n) is 45.2. The second-order valence-electron chi connectivity index (χ2n) is 20.0. The standard InChI is InChI=1S/C60H107NO10/c1-3-5-7-9-11-13-14-15-16-22-25-28-32-36-40-44-48-56(65)69-49-45-41-37-33-29-26-23-20-18-17-19-21-24-27-31-35-39-43-47-55(64)61-52(53(63)46-42-38-34-30-12-10-8-6-4-2)51-70-60-59(68)58(67)57(66)54(50-62)71-60/h12-14,16,19,21-22,30,42,46,52-54,57-60,62-63,66-68H,3-11,15,17-18,20,23-29,31-41,43-45,47-51H2,1-2H3,(H,61,64)/b14-13-,21-19-,22-16-,30-12+,46-42+. The molecule has 1 saturated heterocycles. The Kier molecular flexibility index (Phi) is 46.3. The van der Waals surface area contributed by atoms with Crippen LogP contribution >= 0.6 is 0 Å². The highest BCUT2D eigenvalue weighted by molar-refractivity contribution is 5.76. The van der Waals surface area contributed by atoms with Gasteiger partial charge in [-0.1, -0.05) is 190 Å². The summed E-state index contributed by atoms with van der Waals surface area (Å²) in [5.41, 5.74) is 0. The molecule has 412 valence electrons. The number of unbranched alkanes of at least 4 members (excludes halogenated alkanes) is 27. The van der Waals surface area contributed by atoms with E-state index in [9.17, 15) is 35.1 Å². The zero-order chi connectivity index (χ0) is 51.7. The van der Waals surface area contributed by atoms with Gasteiger partial charge in [-0.25, -0.2) is 0 Å². The van der Waals surface area contributed by atoms with Crippen LogP contribution < -0.4 is 5.32 Å². The quantitative estimate of drug-likeness (QED) is 0.0195. The van der Waals surface area contributed by atoms with Crippen LogP contribution in [-0.2, 0) is 23.8 Å². The van der Waals surface area contributed by atoms with E-state index in [1.54, 1.807) is 6.08 Å². The predicted octanol–water partition coefficient (Wildman–Crippen LogP) is 13.1. The molecule has 0 bridgehead atoms. The highest BCUT2D eigenvalue weighted by atomic mass is 16.7. The van der Waals surface area contributed by atoms with Gasteiger partial charge in [0.05, 0.1) is 32.0 Å². The summed E-state index contributed by atoms with van der Waals surface area (Å²) in [7, 11) is 0. The van der Waals surface area contributed by atoms with Crippen LogP contribution in [0.5, 0.6) is 0 Å². The van der Waals surface area contributed by atoms with Crippen LogP contribution in [0.3, 0.4) is 0 Å². The van der Waals surface area contributed by atoms with Gasteiger partial charge in [-0.3, -0.25) is 9.59 Å². The fraction of sp³-hybridized carbons (Fsp3) is 0.800. The molecule has 1 aliphatic heterocycles. The molecule has 7 atom stereocenters. The van der Waals surface area contributed by atoms with Gasteiger partial charge in [-0.15, -0.1) is 0 Å². The minimum atomic E-state index is -1.58. The predicted molar refractivity (Wildman–Crippen MR) is 292 cm³/mol. The Labute approximate surface area is 433 Å². The molecule has 71 heavy (non-hydrogen) atoms. The van der Waals surface area contributed by atoms with Crippen LogP contribution in [0.15, 0.2) is 60.8 Å². The molecule has 11 nitrogen and oxygen atoms in total. The summed E-state index contributed by atoms with van der Waals surface area (Å²) in [6, 6.07) is -0.838. The molecule has 1 heterocycles. The third-order valence-corrected chi connectivity index (χ3v) is 13.3. The molecule has 1 amide bonds. The molecule has 1 rings (SSSR count). The number of nitrogens with one attached hydrogen (secondary N) is 1. The molecular formula is C60H107NO10. The lowest BCUT2D eigenvalue weighted by atomic mass is 9.99. The van der Waals surface area contributed by atoms with Gasteiger partial charge in [0, 0.05) is 12.8 Å². The Hall–Kier alpha value is -2.64. The average Bonchev–Trinajstić information content (AvgIpc) is 3.37. The number of carbonyl (C=O) groups excluding carboxylic acids is 2. The van der Waals surface area contributed by atoms with Crippen molar-refractivity contribution in [2.45, 2.75) is 288 Å². The van der Waals surface area contributed by atoms with Gasteiger partial charge in [-0.2, -0.15) is 0 Å². The maximum absolute atomic E-state index is 13.0. The summed E-state index contributed by atoms with van der Waals surface area (Å²) < 4.78 is 16.6. The average molecular weight is 1000 g/mol. The summed E-state index contributed by atoms with van der Waals surface area (Å²) in [5, 5.41) is 54.1. The maximum Gasteiger partial charge on any atom is 0.305 e. The van der Waals surface area contributed by atoms with Crippen molar-refractivity contribution in [3.63, 3.8) is 0 Å². The molecule has 7 unspecified atom stereocenters. The van der Waals surface area contributed by atoms with Crippen LogP contribution in [0.2, 0.25) is 0 Å². The second-order valence-corrected chi connectivity index (χ2v) is 20.0. The van der Waals surface area contributed by atoms with Gasteiger partial charge in [0.25, 0.3) is 0 Å². The Bertz CT molecular complexity index is 1360. The van der Waals surface area contributed by atoms with E-state index in [0.717, 1.165) is 103 Å². The second kappa shape index (κ2) is 49.6. The number of hydrogen-bond acceptors (Lipinski definition) is 10. The monoisotopic (exact) mass is 1000 g/mol. The molecule has 0 aromatic carbocycles. The van der Waals surface area contributed by atoms with Crippen molar-refractivity contribution in [2.75, 3.05) is 19.8 Å². The molecule has 0 aromatic rings. The van der Waals surface area contributed by atoms with Crippen LogP contribution in [0.1, 0.15) is 245 Å². The van der Waals surface area contributed by atoms with Gasteiger partial charge in [0.2, 0.25) is 5.91 Å². The van der Waals surface area contributed by atoms with Gasteiger partial charge < -0.3 is 45.1 Å². The third kappa shape index (κ3) is 39.5. The van der Waals surface area contributed by atoms with Crippen LogP contribution in [-0.4, -0.2) is 100 Å². The van der Waals surface area contributed by atoms with Gasteiger partial charge in [-0.05, 0) is 103 Å². The minimum Gasteiger partial charge on any atom is -0.466 e. The van der Waals surface area contributed by atoms with Crippen molar-refractivity contribution in [1.82, 2.24) is 5.32 Å². The molecule has 0 aromatic heterocycles. The third-order valence-electron chi connectivity index (χ3n) is 13.3. The number of allylic oxidation sites excluding steroid dienone is 9. The minimum absolute atomic E-state index is 0.0280. The van der Waals surface area contributed by atoms with Crippen LogP contribution in [0, 0.1) is 0 Å². The number of amides is 1. The number of rotatable bonds is 49. The van der Waals surface area contributed by atoms with E-state index in [4.69, 9.17) is 14.2 Å². The maximum atomic E-state index is 13.0. The summed E-state index contributed by atoms with van der Waals surface area (Å²) in [6.45, 7) is 4.21. The van der Waals surface area contributed by atoms with Crippen molar-refractivity contribution in [3.05, 3.63) is 60.8 Å². The topological polar surface area (TPSA) is 175 Å². The first-order chi connectivity index (χ1) is 34.7. The lowest BCUT2D eigenvalue weighted by molar-refractivity contribution is -0.302. The molecule has 6 N–H and O–H groups in total.